The Morgan fingerprint density at radius 2 is 2.05 bits per heavy atom. The molecule has 22 heavy (non-hydrogen) atoms. The number of hydrogen-bond acceptors (Lipinski definition) is 6. The second-order valence-corrected chi connectivity index (χ2v) is 5.61. The lowest BCUT2D eigenvalue weighted by molar-refractivity contribution is 0.0949. The van der Waals surface area contributed by atoms with Gasteiger partial charge in [-0.05, 0) is 19.1 Å². The van der Waals surface area contributed by atoms with Crippen molar-refractivity contribution in [2.24, 2.45) is 0 Å². The topological polar surface area (TPSA) is 80.7 Å². The third-order valence-electron chi connectivity index (χ3n) is 2.90. The molecule has 0 aromatic carbocycles. The molecule has 0 fully saturated rings. The number of carbonyl (C=O) groups is 1. The van der Waals surface area contributed by atoms with Crippen molar-refractivity contribution in [3.05, 3.63) is 58.4 Å². The maximum Gasteiger partial charge on any atom is 0.254 e. The summed E-state index contributed by atoms with van der Waals surface area (Å²) in [5, 5.41) is 5.70. The van der Waals surface area contributed by atoms with Crippen molar-refractivity contribution in [3.8, 4) is 11.5 Å². The fourth-order valence-corrected chi connectivity index (χ4v) is 2.45. The number of thiazole rings is 1. The minimum absolute atomic E-state index is 0.224. The van der Waals surface area contributed by atoms with Crippen LogP contribution in [0.1, 0.15) is 21.1 Å². The summed E-state index contributed by atoms with van der Waals surface area (Å²) in [6, 6.07) is 5.51. The summed E-state index contributed by atoms with van der Waals surface area (Å²) in [7, 11) is 0. The Morgan fingerprint density at radius 1 is 1.23 bits per heavy atom. The number of nitrogens with one attached hydrogen (secondary N) is 1. The molecule has 110 valence electrons. The van der Waals surface area contributed by atoms with Crippen molar-refractivity contribution in [1.29, 1.82) is 0 Å². The molecule has 0 aliphatic heterocycles. The Bertz CT molecular complexity index is 770. The molecule has 1 amide bonds. The van der Waals surface area contributed by atoms with Crippen LogP contribution in [0.4, 0.5) is 0 Å². The molecule has 3 rings (SSSR count). The monoisotopic (exact) mass is 311 g/mol. The van der Waals surface area contributed by atoms with E-state index in [-0.39, 0.29) is 5.91 Å². The van der Waals surface area contributed by atoms with Crippen molar-refractivity contribution in [3.63, 3.8) is 0 Å². The molecule has 0 spiro atoms. The number of aromatic nitrogens is 4. The predicted molar refractivity (Wildman–Crippen MR) is 83.3 cm³/mol. The molecule has 0 aliphatic rings. The first kappa shape index (κ1) is 14.3. The number of amides is 1. The van der Waals surface area contributed by atoms with Crippen LogP contribution in [-0.4, -0.2) is 25.8 Å². The normalized spacial score (nSPS) is 10.4. The molecule has 6 nitrogen and oxygen atoms in total. The molecule has 0 unspecified atom stereocenters. The van der Waals surface area contributed by atoms with Gasteiger partial charge in [0.1, 0.15) is 5.69 Å². The molecular weight excluding hydrogens is 298 g/mol. The molecule has 3 aromatic rings. The summed E-state index contributed by atoms with van der Waals surface area (Å²) in [4.78, 5) is 28.9. The molecule has 1 N–H and O–H groups in total. The van der Waals surface area contributed by atoms with Crippen molar-refractivity contribution in [1.82, 2.24) is 25.3 Å². The maximum absolute atomic E-state index is 12.0. The minimum Gasteiger partial charge on any atom is -0.346 e. The highest BCUT2D eigenvalue weighted by atomic mass is 32.1. The quantitative estimate of drug-likeness (QED) is 0.799. The van der Waals surface area contributed by atoms with Gasteiger partial charge in [-0.1, -0.05) is 6.07 Å². The Labute approximate surface area is 131 Å². The minimum atomic E-state index is -0.224. The molecule has 7 heteroatoms. The van der Waals surface area contributed by atoms with Gasteiger partial charge in [0.05, 0.1) is 22.8 Å². The van der Waals surface area contributed by atoms with Crippen molar-refractivity contribution < 1.29 is 4.79 Å². The highest BCUT2D eigenvalue weighted by molar-refractivity contribution is 7.09. The van der Waals surface area contributed by atoms with Crippen LogP contribution >= 0.6 is 11.3 Å². The Morgan fingerprint density at radius 3 is 2.68 bits per heavy atom. The molecular formula is C15H13N5OS. The zero-order valence-electron chi connectivity index (χ0n) is 11.9. The van der Waals surface area contributed by atoms with E-state index in [4.69, 9.17) is 0 Å². The molecule has 0 atom stereocenters. The van der Waals surface area contributed by atoms with E-state index >= 15 is 0 Å². The van der Waals surface area contributed by atoms with E-state index in [1.54, 1.807) is 17.5 Å². The second kappa shape index (κ2) is 6.40. The van der Waals surface area contributed by atoms with E-state index in [0.717, 1.165) is 10.7 Å². The van der Waals surface area contributed by atoms with Gasteiger partial charge in [0.15, 0.2) is 5.82 Å². The van der Waals surface area contributed by atoms with Gasteiger partial charge in [-0.15, -0.1) is 11.3 Å². The highest BCUT2D eigenvalue weighted by Gasteiger charge is 2.09. The molecule has 0 bridgehead atoms. The zero-order chi connectivity index (χ0) is 15.4. The van der Waals surface area contributed by atoms with E-state index in [0.29, 0.717) is 23.6 Å². The Hall–Kier alpha value is -2.67. The van der Waals surface area contributed by atoms with Gasteiger partial charge in [0.2, 0.25) is 0 Å². The summed E-state index contributed by atoms with van der Waals surface area (Å²) in [6.45, 7) is 2.32. The molecule has 3 heterocycles. The van der Waals surface area contributed by atoms with Crippen LogP contribution in [0.25, 0.3) is 11.5 Å². The molecule has 0 radical (unpaired) electrons. The first-order valence-corrected chi connectivity index (χ1v) is 7.53. The number of nitrogens with zero attached hydrogens (tertiary/aromatic N) is 4. The molecule has 3 aromatic heterocycles. The van der Waals surface area contributed by atoms with Crippen LogP contribution in [0.3, 0.4) is 0 Å². The van der Waals surface area contributed by atoms with Crippen LogP contribution in [0, 0.1) is 6.92 Å². The number of pyridine rings is 1. The average Bonchev–Trinajstić information content (AvgIpc) is 2.99. The van der Waals surface area contributed by atoms with E-state index in [1.165, 1.54) is 12.4 Å². The zero-order valence-corrected chi connectivity index (χ0v) is 12.7. The van der Waals surface area contributed by atoms with Crippen LogP contribution in [-0.2, 0) is 6.54 Å². The highest BCUT2D eigenvalue weighted by Crippen LogP contribution is 2.10. The summed E-state index contributed by atoms with van der Waals surface area (Å²) < 4.78 is 0. The molecule has 0 aliphatic carbocycles. The van der Waals surface area contributed by atoms with Crippen LogP contribution in [0.5, 0.6) is 0 Å². The number of rotatable bonds is 4. The van der Waals surface area contributed by atoms with E-state index in [2.05, 4.69) is 25.3 Å². The summed E-state index contributed by atoms with van der Waals surface area (Å²) in [5.41, 5.74) is 1.93. The second-order valence-electron chi connectivity index (χ2n) is 4.55. The lowest BCUT2D eigenvalue weighted by Gasteiger charge is -2.03. The number of carbonyl (C=O) groups excluding carboxylic acids is 1. The first-order chi connectivity index (χ1) is 10.7. The standard InChI is InChI=1S/C15H13N5OS/c1-10-20-12(9-22-10)8-19-15(21)11-6-17-14(18-7-11)13-4-2-3-5-16-13/h2-7,9H,8H2,1H3,(H,19,21). The van der Waals surface area contributed by atoms with E-state index < -0.39 is 0 Å². The summed E-state index contributed by atoms with van der Waals surface area (Å²) in [6.07, 6.45) is 4.67. The van der Waals surface area contributed by atoms with Gasteiger partial charge < -0.3 is 5.32 Å². The lowest BCUT2D eigenvalue weighted by atomic mass is 10.3. The fourth-order valence-electron chi connectivity index (χ4n) is 1.83. The van der Waals surface area contributed by atoms with Crippen molar-refractivity contribution >= 4 is 17.2 Å². The lowest BCUT2D eigenvalue weighted by Crippen LogP contribution is -2.23. The van der Waals surface area contributed by atoms with Gasteiger partial charge in [-0.2, -0.15) is 0 Å². The molecule has 0 saturated carbocycles. The van der Waals surface area contributed by atoms with Gasteiger partial charge in [0, 0.05) is 24.0 Å². The van der Waals surface area contributed by atoms with Gasteiger partial charge in [-0.25, -0.2) is 15.0 Å². The van der Waals surface area contributed by atoms with Crippen molar-refractivity contribution in [2.75, 3.05) is 0 Å². The smallest absolute Gasteiger partial charge is 0.254 e. The van der Waals surface area contributed by atoms with E-state index in [9.17, 15) is 4.79 Å². The SMILES string of the molecule is Cc1nc(CNC(=O)c2cnc(-c3ccccn3)nc2)cs1. The van der Waals surface area contributed by atoms with Gasteiger partial charge >= 0.3 is 0 Å². The van der Waals surface area contributed by atoms with Crippen LogP contribution in [0.2, 0.25) is 0 Å². The first-order valence-electron chi connectivity index (χ1n) is 6.65. The fraction of sp³-hybridized carbons (Fsp3) is 0.133. The third-order valence-corrected chi connectivity index (χ3v) is 3.73. The Kier molecular flexibility index (Phi) is 4.15. The van der Waals surface area contributed by atoms with Crippen molar-refractivity contribution in [2.45, 2.75) is 13.5 Å². The largest absolute Gasteiger partial charge is 0.346 e. The van der Waals surface area contributed by atoms with Crippen LogP contribution in [0.15, 0.2) is 42.2 Å². The molecule has 0 saturated heterocycles. The van der Waals surface area contributed by atoms with Gasteiger partial charge in [-0.3, -0.25) is 9.78 Å². The summed E-state index contributed by atoms with van der Waals surface area (Å²) in [5.74, 6) is 0.269. The van der Waals surface area contributed by atoms with E-state index in [1.807, 2.05) is 30.5 Å². The number of hydrogen-bond donors (Lipinski definition) is 1. The Balaban J connectivity index is 1.66. The van der Waals surface area contributed by atoms with Crippen LogP contribution < -0.4 is 5.32 Å². The third kappa shape index (κ3) is 3.32. The number of aryl methyl sites for hydroxylation is 1. The maximum atomic E-state index is 12.0. The van der Waals surface area contributed by atoms with Gasteiger partial charge in [0.25, 0.3) is 5.91 Å². The predicted octanol–water partition coefficient (Wildman–Crippen LogP) is 2.23. The average molecular weight is 311 g/mol. The summed E-state index contributed by atoms with van der Waals surface area (Å²) >= 11 is 1.56.